The highest BCUT2D eigenvalue weighted by Crippen LogP contribution is 2.35. The van der Waals surface area contributed by atoms with Crippen molar-refractivity contribution in [3.05, 3.63) is 54.1 Å². The van der Waals surface area contributed by atoms with Crippen LogP contribution in [0.1, 0.15) is 18.9 Å². The third-order valence-electron chi connectivity index (χ3n) is 2.97. The first-order chi connectivity index (χ1) is 7.65. The summed E-state index contributed by atoms with van der Waals surface area (Å²) in [5, 5.41) is 0. The van der Waals surface area contributed by atoms with Crippen molar-refractivity contribution in [2.45, 2.75) is 24.4 Å². The Kier molecular flexibility index (Phi) is 3.15. The van der Waals surface area contributed by atoms with Gasteiger partial charge in [0.1, 0.15) is 6.17 Å². The highest BCUT2D eigenvalue weighted by Gasteiger charge is 2.34. The van der Waals surface area contributed by atoms with E-state index in [-0.39, 0.29) is 0 Å². The molecule has 2 atom stereocenters. The first-order valence-corrected chi connectivity index (χ1v) is 5.83. The third kappa shape index (κ3) is 2.05. The zero-order chi connectivity index (χ0) is 11.6. The summed E-state index contributed by atoms with van der Waals surface area (Å²) in [6.07, 6.45) is 4.74. The molecule has 0 bridgehead atoms. The average molecular weight is 237 g/mol. The van der Waals surface area contributed by atoms with Gasteiger partial charge in [0.2, 0.25) is 0 Å². The van der Waals surface area contributed by atoms with Crippen LogP contribution in [-0.4, -0.2) is 11.0 Å². The first kappa shape index (κ1) is 11.4. The van der Waals surface area contributed by atoms with Crippen LogP contribution in [0.3, 0.4) is 0 Å². The largest absolute Gasteiger partial charge is 0.241 e. The molecule has 0 radical (unpaired) electrons. The van der Waals surface area contributed by atoms with E-state index in [2.05, 4.69) is 0 Å². The third-order valence-corrected chi connectivity index (χ3v) is 3.58. The topological polar surface area (TPSA) is 0 Å². The van der Waals surface area contributed by atoms with E-state index in [1.54, 1.807) is 12.2 Å². The summed E-state index contributed by atoms with van der Waals surface area (Å²) in [6.45, 7) is 1.89. The van der Waals surface area contributed by atoms with Crippen LogP contribution in [0.25, 0.3) is 5.57 Å². The van der Waals surface area contributed by atoms with Crippen LogP contribution in [0.2, 0.25) is 0 Å². The van der Waals surface area contributed by atoms with Gasteiger partial charge in [-0.25, -0.2) is 4.39 Å². The van der Waals surface area contributed by atoms with E-state index in [9.17, 15) is 4.39 Å². The van der Waals surface area contributed by atoms with Gasteiger partial charge in [-0.3, -0.25) is 0 Å². The van der Waals surface area contributed by atoms with Crippen molar-refractivity contribution in [3.8, 4) is 0 Å². The lowest BCUT2D eigenvalue weighted by atomic mass is 9.89. The van der Waals surface area contributed by atoms with Gasteiger partial charge in [0.05, 0.1) is 4.87 Å². The molecule has 0 saturated heterocycles. The summed E-state index contributed by atoms with van der Waals surface area (Å²) in [6, 6.07) is 9.77. The van der Waals surface area contributed by atoms with E-state index >= 15 is 0 Å². The Balaban J connectivity index is 2.30. The molecule has 0 aliphatic heterocycles. The molecular formula is C14H14ClF. The fraction of sp³-hybridized carbons (Fsp3) is 0.286. The molecule has 0 amide bonds. The van der Waals surface area contributed by atoms with Crippen molar-refractivity contribution < 1.29 is 4.39 Å². The van der Waals surface area contributed by atoms with Crippen LogP contribution in [-0.2, 0) is 0 Å². The monoisotopic (exact) mass is 236 g/mol. The Bertz CT molecular complexity index is 422. The molecule has 1 aliphatic rings. The molecule has 1 aromatic carbocycles. The van der Waals surface area contributed by atoms with Crippen LogP contribution in [0, 0.1) is 0 Å². The Morgan fingerprint density at radius 2 is 2.00 bits per heavy atom. The molecular weight excluding hydrogens is 223 g/mol. The standard InChI is InChI=1S/C14H14ClF/c1-2-14(15)9-8-12(10-13(14)16)11-6-4-3-5-7-11/h3-10,13H,2H2,1H3. The minimum atomic E-state index is -1.13. The molecule has 0 heterocycles. The SMILES string of the molecule is CCC1(Cl)C=CC(c2ccccc2)=CC1F. The molecule has 0 nitrogen and oxygen atoms in total. The lowest BCUT2D eigenvalue weighted by Gasteiger charge is -2.27. The average Bonchev–Trinajstić information content (AvgIpc) is 2.34. The summed E-state index contributed by atoms with van der Waals surface area (Å²) in [4.78, 5) is -0.863. The number of halogens is 2. The normalized spacial score (nSPS) is 28.9. The lowest BCUT2D eigenvalue weighted by molar-refractivity contribution is 0.334. The van der Waals surface area contributed by atoms with Crippen molar-refractivity contribution in [2.75, 3.05) is 0 Å². The maximum absolute atomic E-state index is 13.9. The van der Waals surface area contributed by atoms with Crippen molar-refractivity contribution >= 4 is 17.2 Å². The smallest absolute Gasteiger partial charge is 0.142 e. The number of hydrogen-bond donors (Lipinski definition) is 0. The van der Waals surface area contributed by atoms with E-state index in [1.165, 1.54) is 0 Å². The van der Waals surface area contributed by atoms with Gasteiger partial charge in [-0.1, -0.05) is 49.4 Å². The van der Waals surface area contributed by atoms with Crippen LogP contribution in [0.5, 0.6) is 0 Å². The Labute approximate surface area is 100 Å². The summed E-state index contributed by atoms with van der Waals surface area (Å²) >= 11 is 6.16. The number of rotatable bonds is 2. The van der Waals surface area contributed by atoms with Gasteiger partial charge in [0.15, 0.2) is 0 Å². The second-order valence-electron chi connectivity index (χ2n) is 4.00. The number of benzene rings is 1. The zero-order valence-corrected chi connectivity index (χ0v) is 9.92. The highest BCUT2D eigenvalue weighted by atomic mass is 35.5. The van der Waals surface area contributed by atoms with Gasteiger partial charge in [0, 0.05) is 0 Å². The second-order valence-corrected chi connectivity index (χ2v) is 4.71. The lowest BCUT2D eigenvalue weighted by Crippen LogP contribution is -2.31. The quantitative estimate of drug-likeness (QED) is 0.669. The number of hydrogen-bond acceptors (Lipinski definition) is 0. The van der Waals surface area contributed by atoms with Gasteiger partial charge >= 0.3 is 0 Å². The summed E-state index contributed by atoms with van der Waals surface area (Å²) < 4.78 is 13.9. The van der Waals surface area contributed by atoms with Gasteiger partial charge < -0.3 is 0 Å². The van der Waals surface area contributed by atoms with Gasteiger partial charge in [-0.15, -0.1) is 11.6 Å². The van der Waals surface area contributed by atoms with Gasteiger partial charge in [-0.05, 0) is 23.6 Å². The second kappa shape index (κ2) is 4.42. The number of alkyl halides is 2. The molecule has 0 spiro atoms. The molecule has 84 valence electrons. The van der Waals surface area contributed by atoms with Crippen LogP contribution in [0.4, 0.5) is 4.39 Å². The molecule has 2 rings (SSSR count). The fourth-order valence-corrected chi connectivity index (χ4v) is 1.93. The minimum Gasteiger partial charge on any atom is -0.241 e. The highest BCUT2D eigenvalue weighted by molar-refractivity contribution is 6.26. The van der Waals surface area contributed by atoms with Crippen molar-refractivity contribution in [3.63, 3.8) is 0 Å². The molecule has 0 saturated carbocycles. The predicted molar refractivity (Wildman–Crippen MR) is 67.3 cm³/mol. The maximum Gasteiger partial charge on any atom is 0.142 e. The fourth-order valence-electron chi connectivity index (χ4n) is 1.81. The predicted octanol–water partition coefficient (Wildman–Crippen LogP) is 4.37. The number of allylic oxidation sites excluding steroid dienone is 4. The van der Waals surface area contributed by atoms with E-state index in [0.717, 1.165) is 11.1 Å². The summed E-state index contributed by atoms with van der Waals surface area (Å²) in [7, 11) is 0. The van der Waals surface area contributed by atoms with Crippen LogP contribution in [0.15, 0.2) is 48.6 Å². The molecule has 0 aromatic heterocycles. The Morgan fingerprint density at radius 1 is 1.31 bits per heavy atom. The molecule has 16 heavy (non-hydrogen) atoms. The van der Waals surface area contributed by atoms with Gasteiger partial charge in [-0.2, -0.15) is 0 Å². The molecule has 2 unspecified atom stereocenters. The van der Waals surface area contributed by atoms with Crippen LogP contribution >= 0.6 is 11.6 Å². The maximum atomic E-state index is 13.9. The van der Waals surface area contributed by atoms with E-state index < -0.39 is 11.0 Å². The van der Waals surface area contributed by atoms with Crippen molar-refractivity contribution in [1.29, 1.82) is 0 Å². The Hall–Kier alpha value is -1.08. The molecule has 1 aromatic rings. The minimum absolute atomic E-state index is 0.588. The first-order valence-electron chi connectivity index (χ1n) is 5.45. The van der Waals surface area contributed by atoms with E-state index in [4.69, 9.17) is 11.6 Å². The van der Waals surface area contributed by atoms with E-state index in [0.29, 0.717) is 6.42 Å². The van der Waals surface area contributed by atoms with Crippen molar-refractivity contribution in [2.24, 2.45) is 0 Å². The van der Waals surface area contributed by atoms with Crippen molar-refractivity contribution in [1.82, 2.24) is 0 Å². The van der Waals surface area contributed by atoms with Crippen LogP contribution < -0.4 is 0 Å². The van der Waals surface area contributed by atoms with Gasteiger partial charge in [0.25, 0.3) is 0 Å². The summed E-state index contributed by atoms with van der Waals surface area (Å²) in [5.41, 5.74) is 1.93. The molecule has 0 N–H and O–H groups in total. The summed E-state index contributed by atoms with van der Waals surface area (Å²) in [5.74, 6) is 0. The molecule has 1 aliphatic carbocycles. The molecule has 0 fully saturated rings. The Morgan fingerprint density at radius 3 is 2.56 bits per heavy atom. The van der Waals surface area contributed by atoms with E-state index in [1.807, 2.05) is 43.3 Å². The molecule has 2 heteroatoms. The zero-order valence-electron chi connectivity index (χ0n) is 9.16.